The number of hydrogen-bond donors (Lipinski definition) is 1. The van der Waals surface area contributed by atoms with Crippen LogP contribution in [0, 0.1) is 0 Å². The topological polar surface area (TPSA) is 23.5 Å². The fraction of sp³-hybridized carbons (Fsp3) is 0.875. The predicted molar refractivity (Wildman–Crippen MR) is 76.7 cm³/mol. The number of piperidine rings is 1. The van der Waals surface area contributed by atoms with E-state index in [1.54, 1.807) is 0 Å². The zero-order valence-electron chi connectivity index (χ0n) is 11.9. The third-order valence-corrected chi connectivity index (χ3v) is 5.02. The Bertz CT molecular complexity index is 262. The Labute approximate surface area is 112 Å². The molecular formula is C16H29NO. The van der Waals surface area contributed by atoms with Gasteiger partial charge in [0.1, 0.15) is 0 Å². The van der Waals surface area contributed by atoms with Crippen molar-refractivity contribution in [3.8, 4) is 0 Å². The molecule has 2 atom stereocenters. The average molecular weight is 251 g/mol. The third kappa shape index (κ3) is 3.36. The van der Waals surface area contributed by atoms with Crippen LogP contribution < -0.4 is 0 Å². The van der Waals surface area contributed by atoms with Crippen LogP contribution in [0.25, 0.3) is 0 Å². The average Bonchev–Trinajstić information content (AvgIpc) is 2.58. The van der Waals surface area contributed by atoms with Crippen molar-refractivity contribution in [3.05, 3.63) is 12.7 Å². The lowest BCUT2D eigenvalue weighted by Gasteiger charge is -2.42. The Hall–Kier alpha value is -0.340. The molecule has 1 N–H and O–H groups in total. The summed E-state index contributed by atoms with van der Waals surface area (Å²) in [5, 5.41) is 10.7. The summed E-state index contributed by atoms with van der Waals surface area (Å²) in [5.41, 5.74) is -0.350. The molecule has 0 aromatic rings. The van der Waals surface area contributed by atoms with Crippen LogP contribution in [0.15, 0.2) is 12.7 Å². The van der Waals surface area contributed by atoms with Crippen molar-refractivity contribution in [1.82, 2.24) is 4.90 Å². The van der Waals surface area contributed by atoms with Crippen LogP contribution in [0.4, 0.5) is 0 Å². The normalized spacial score (nSPS) is 35.9. The molecule has 0 saturated carbocycles. The standard InChI is InChI=1S/C16H29NO/c1-3-4-5-6-7-8-11-16(18)12-14-9-10-15(13-16)17(14)2/h3,14-15,18H,1,4-13H2,2H3. The minimum atomic E-state index is -0.350. The van der Waals surface area contributed by atoms with Crippen molar-refractivity contribution in [2.45, 2.75) is 81.9 Å². The molecule has 0 aliphatic carbocycles. The van der Waals surface area contributed by atoms with E-state index in [0.717, 1.165) is 25.7 Å². The van der Waals surface area contributed by atoms with E-state index >= 15 is 0 Å². The van der Waals surface area contributed by atoms with Crippen molar-refractivity contribution in [2.75, 3.05) is 7.05 Å². The number of nitrogens with zero attached hydrogens (tertiary/aromatic N) is 1. The molecule has 2 aliphatic rings. The van der Waals surface area contributed by atoms with Gasteiger partial charge < -0.3 is 10.0 Å². The van der Waals surface area contributed by atoms with Gasteiger partial charge in [0, 0.05) is 12.1 Å². The molecule has 2 heterocycles. The number of hydrogen-bond acceptors (Lipinski definition) is 2. The van der Waals surface area contributed by atoms with Crippen LogP contribution in [0.1, 0.15) is 64.2 Å². The molecule has 2 fully saturated rings. The van der Waals surface area contributed by atoms with Crippen LogP contribution in [0.3, 0.4) is 0 Å². The first-order valence-corrected chi connectivity index (χ1v) is 7.70. The highest BCUT2D eigenvalue weighted by Crippen LogP contribution is 2.41. The van der Waals surface area contributed by atoms with Gasteiger partial charge in [0.15, 0.2) is 0 Å². The largest absolute Gasteiger partial charge is 0.390 e. The molecule has 2 bridgehead atoms. The summed E-state index contributed by atoms with van der Waals surface area (Å²) in [7, 11) is 2.23. The molecule has 0 amide bonds. The minimum absolute atomic E-state index is 0.350. The summed E-state index contributed by atoms with van der Waals surface area (Å²) >= 11 is 0. The lowest BCUT2D eigenvalue weighted by atomic mass is 9.82. The van der Waals surface area contributed by atoms with Crippen LogP contribution in [0.5, 0.6) is 0 Å². The van der Waals surface area contributed by atoms with Gasteiger partial charge in [0.25, 0.3) is 0 Å². The molecule has 0 spiro atoms. The highest BCUT2D eigenvalue weighted by atomic mass is 16.3. The first-order valence-electron chi connectivity index (χ1n) is 7.70. The summed E-state index contributed by atoms with van der Waals surface area (Å²) < 4.78 is 0. The number of rotatable bonds is 7. The highest BCUT2D eigenvalue weighted by Gasteiger charge is 2.45. The monoisotopic (exact) mass is 251 g/mol. The van der Waals surface area contributed by atoms with Crippen molar-refractivity contribution >= 4 is 0 Å². The minimum Gasteiger partial charge on any atom is -0.390 e. The molecular weight excluding hydrogens is 222 g/mol. The summed E-state index contributed by atoms with van der Waals surface area (Å²) in [6.07, 6.45) is 13.8. The van der Waals surface area contributed by atoms with Gasteiger partial charge in [-0.3, -0.25) is 0 Å². The van der Waals surface area contributed by atoms with Gasteiger partial charge in [-0.05, 0) is 52.0 Å². The zero-order valence-corrected chi connectivity index (χ0v) is 11.9. The van der Waals surface area contributed by atoms with E-state index in [9.17, 15) is 5.11 Å². The highest BCUT2D eigenvalue weighted by molar-refractivity contribution is 5.00. The number of unbranched alkanes of at least 4 members (excludes halogenated alkanes) is 4. The van der Waals surface area contributed by atoms with Crippen molar-refractivity contribution in [3.63, 3.8) is 0 Å². The first-order chi connectivity index (χ1) is 8.64. The smallest absolute Gasteiger partial charge is 0.0677 e. The Balaban J connectivity index is 1.68. The van der Waals surface area contributed by atoms with Gasteiger partial charge in [-0.1, -0.05) is 25.3 Å². The molecule has 2 aliphatic heterocycles. The molecule has 0 aromatic heterocycles. The van der Waals surface area contributed by atoms with Crippen molar-refractivity contribution < 1.29 is 5.11 Å². The molecule has 2 saturated heterocycles. The Kier molecular flexibility index (Phi) is 4.85. The predicted octanol–water partition coefficient (Wildman–Crippen LogP) is 3.50. The molecule has 104 valence electrons. The number of aliphatic hydroxyl groups is 1. The molecule has 2 unspecified atom stereocenters. The second kappa shape index (κ2) is 6.21. The molecule has 0 aromatic carbocycles. The van der Waals surface area contributed by atoms with Gasteiger partial charge >= 0.3 is 0 Å². The molecule has 18 heavy (non-hydrogen) atoms. The van der Waals surface area contributed by atoms with Gasteiger partial charge in [0.05, 0.1) is 5.60 Å². The van der Waals surface area contributed by atoms with Crippen LogP contribution >= 0.6 is 0 Å². The quantitative estimate of drug-likeness (QED) is 0.553. The molecule has 2 nitrogen and oxygen atoms in total. The summed E-state index contributed by atoms with van der Waals surface area (Å²) in [6.45, 7) is 3.75. The zero-order chi connectivity index (χ0) is 13.0. The van der Waals surface area contributed by atoms with E-state index < -0.39 is 0 Å². The first kappa shape index (κ1) is 14.1. The lowest BCUT2D eigenvalue weighted by Crippen LogP contribution is -2.49. The fourth-order valence-electron chi connectivity index (χ4n) is 3.84. The Morgan fingerprint density at radius 1 is 1.17 bits per heavy atom. The fourth-order valence-corrected chi connectivity index (χ4v) is 3.84. The number of fused-ring (bicyclic) bond motifs is 2. The van der Waals surface area contributed by atoms with Gasteiger partial charge in [-0.15, -0.1) is 6.58 Å². The van der Waals surface area contributed by atoms with Crippen LogP contribution in [0.2, 0.25) is 0 Å². The molecule has 2 heteroatoms. The maximum Gasteiger partial charge on any atom is 0.0677 e. The van der Waals surface area contributed by atoms with Crippen molar-refractivity contribution in [2.24, 2.45) is 0 Å². The van der Waals surface area contributed by atoms with Crippen molar-refractivity contribution in [1.29, 1.82) is 0 Å². The SMILES string of the molecule is C=CCCCCCCC1(O)CC2CCC(C1)N2C. The third-order valence-electron chi connectivity index (χ3n) is 5.02. The second-order valence-electron chi connectivity index (χ2n) is 6.42. The summed E-state index contributed by atoms with van der Waals surface area (Å²) in [5.74, 6) is 0. The molecule has 2 rings (SSSR count). The van der Waals surface area contributed by atoms with E-state index in [-0.39, 0.29) is 5.60 Å². The Morgan fingerprint density at radius 3 is 2.39 bits per heavy atom. The molecule has 0 radical (unpaired) electrons. The summed E-state index contributed by atoms with van der Waals surface area (Å²) in [4.78, 5) is 2.50. The lowest BCUT2D eigenvalue weighted by molar-refractivity contribution is -0.0514. The van der Waals surface area contributed by atoms with E-state index in [0.29, 0.717) is 12.1 Å². The van der Waals surface area contributed by atoms with E-state index in [1.807, 2.05) is 6.08 Å². The Morgan fingerprint density at radius 2 is 1.78 bits per heavy atom. The van der Waals surface area contributed by atoms with Gasteiger partial charge in [0.2, 0.25) is 0 Å². The summed E-state index contributed by atoms with van der Waals surface area (Å²) in [6, 6.07) is 1.30. The maximum atomic E-state index is 10.7. The van der Waals surface area contributed by atoms with E-state index in [4.69, 9.17) is 0 Å². The van der Waals surface area contributed by atoms with Gasteiger partial charge in [-0.2, -0.15) is 0 Å². The second-order valence-corrected chi connectivity index (χ2v) is 6.42. The van der Waals surface area contributed by atoms with Gasteiger partial charge in [-0.25, -0.2) is 0 Å². The maximum absolute atomic E-state index is 10.7. The number of allylic oxidation sites excluding steroid dienone is 1. The van der Waals surface area contributed by atoms with Crippen LogP contribution in [-0.4, -0.2) is 34.7 Å². The van der Waals surface area contributed by atoms with E-state index in [2.05, 4.69) is 18.5 Å². The van der Waals surface area contributed by atoms with Crippen LogP contribution in [-0.2, 0) is 0 Å². The van der Waals surface area contributed by atoms with E-state index in [1.165, 1.54) is 38.5 Å².